The quantitative estimate of drug-likeness (QED) is 0.149. The molecule has 0 aliphatic rings. The van der Waals surface area contributed by atoms with Gasteiger partial charge in [-0.2, -0.15) is 0 Å². The van der Waals surface area contributed by atoms with Crippen LogP contribution in [0.4, 0.5) is 4.39 Å². The Bertz CT molecular complexity index is 1270. The maximum atomic E-state index is 13.8. The molecule has 0 bridgehead atoms. The predicted octanol–water partition coefficient (Wildman–Crippen LogP) is 7.68. The lowest BCUT2D eigenvalue weighted by atomic mass is 10.0. The molecule has 0 aliphatic carbocycles. The average Bonchev–Trinajstić information content (AvgIpc) is 2.96. The number of benzene rings is 2. The Morgan fingerprint density at radius 2 is 1.44 bits per heavy atom. The number of likely N-dealkylation sites (N-methyl/N-ethyl adjacent to an activating group) is 1. The molecule has 224 valence electrons. The number of carbonyl (C=O) groups is 1. The molecule has 0 N–H and O–H groups in total. The van der Waals surface area contributed by atoms with Gasteiger partial charge in [0.25, 0.3) is 5.56 Å². The van der Waals surface area contributed by atoms with Crippen molar-refractivity contribution in [3.8, 4) is 5.69 Å². The van der Waals surface area contributed by atoms with Gasteiger partial charge in [-0.25, -0.2) is 9.37 Å². The summed E-state index contributed by atoms with van der Waals surface area (Å²) in [5, 5.41) is 0.486. The summed E-state index contributed by atoms with van der Waals surface area (Å²) in [6, 6.07) is 12.6. The van der Waals surface area contributed by atoms with Crippen molar-refractivity contribution < 1.29 is 9.18 Å². The van der Waals surface area contributed by atoms with E-state index in [1.165, 1.54) is 68.1 Å². The molecule has 1 amide bonds. The maximum absolute atomic E-state index is 13.8. The van der Waals surface area contributed by atoms with Gasteiger partial charge in [-0.1, -0.05) is 83.3 Å². The number of nitrogens with zero attached hydrogens (tertiary/aromatic N) is 4. The normalized spacial score (nSPS) is 12.2. The van der Waals surface area contributed by atoms with E-state index in [1.807, 2.05) is 44.1 Å². The Morgan fingerprint density at radius 1 is 0.854 bits per heavy atom. The fraction of sp³-hybridized carbons (Fsp3) is 0.559. The molecule has 0 saturated heterocycles. The summed E-state index contributed by atoms with van der Waals surface area (Å²) in [6.07, 6.45) is 14.0. The molecular weight excluding hydrogens is 515 g/mol. The van der Waals surface area contributed by atoms with Crippen LogP contribution in [0.15, 0.2) is 53.3 Å². The van der Waals surface area contributed by atoms with E-state index < -0.39 is 6.04 Å². The average molecular weight is 565 g/mol. The minimum atomic E-state index is -0.447. The van der Waals surface area contributed by atoms with Crippen LogP contribution in [0.1, 0.15) is 103 Å². The lowest BCUT2D eigenvalue weighted by Gasteiger charge is -2.31. The minimum absolute atomic E-state index is 0.0725. The molecule has 0 spiro atoms. The van der Waals surface area contributed by atoms with E-state index in [0.29, 0.717) is 41.9 Å². The number of halogens is 1. The van der Waals surface area contributed by atoms with Crippen molar-refractivity contribution >= 4 is 16.8 Å². The molecular formula is C34H49FN4O2. The number of fused-ring (bicyclic) bond motifs is 1. The van der Waals surface area contributed by atoms with Crippen molar-refractivity contribution in [1.29, 1.82) is 0 Å². The number of aromatic nitrogens is 2. The molecule has 41 heavy (non-hydrogen) atoms. The molecule has 1 heterocycles. The summed E-state index contributed by atoms with van der Waals surface area (Å²) in [6.45, 7) is 5.41. The Morgan fingerprint density at radius 3 is 2.05 bits per heavy atom. The van der Waals surface area contributed by atoms with Gasteiger partial charge in [0.15, 0.2) is 0 Å². The summed E-state index contributed by atoms with van der Waals surface area (Å²) in [5.74, 6) is 0.176. The standard InChI is InChI=1S/C34H49FN4O2/c1-5-6-7-8-9-10-11-12-13-14-15-20-32(40)38(26-25-37(3)4)27(2)33-36-31-19-17-16-18-30(31)34(41)39(33)29-23-21-28(35)22-24-29/h16-19,21-24,27H,5-15,20,25-26H2,1-4H3. The number of para-hydroxylation sites is 1. The largest absolute Gasteiger partial charge is 0.331 e. The van der Waals surface area contributed by atoms with Crippen molar-refractivity contribution in [2.75, 3.05) is 27.2 Å². The molecule has 0 saturated carbocycles. The summed E-state index contributed by atoms with van der Waals surface area (Å²) in [5.41, 5.74) is 0.888. The van der Waals surface area contributed by atoms with E-state index in [4.69, 9.17) is 4.98 Å². The first-order valence-electron chi connectivity index (χ1n) is 15.5. The molecule has 0 aliphatic heterocycles. The van der Waals surface area contributed by atoms with Gasteiger partial charge in [-0.3, -0.25) is 14.2 Å². The third-order valence-electron chi connectivity index (χ3n) is 7.83. The molecule has 6 nitrogen and oxygen atoms in total. The van der Waals surface area contributed by atoms with Gasteiger partial charge >= 0.3 is 0 Å². The summed E-state index contributed by atoms with van der Waals surface area (Å²) in [4.78, 5) is 36.1. The van der Waals surface area contributed by atoms with Crippen molar-refractivity contribution in [2.45, 2.75) is 96.9 Å². The van der Waals surface area contributed by atoms with E-state index in [-0.39, 0.29) is 17.3 Å². The lowest BCUT2D eigenvalue weighted by molar-refractivity contribution is -0.133. The van der Waals surface area contributed by atoms with Crippen LogP contribution in [-0.2, 0) is 4.79 Å². The van der Waals surface area contributed by atoms with Gasteiger partial charge in [0, 0.05) is 19.5 Å². The lowest BCUT2D eigenvalue weighted by Crippen LogP contribution is -2.40. The van der Waals surface area contributed by atoms with Crippen molar-refractivity contribution in [3.05, 3.63) is 70.5 Å². The Hall–Kier alpha value is -3.06. The number of amides is 1. The molecule has 1 atom stereocenters. The number of unbranched alkanes of at least 4 members (excludes halogenated alkanes) is 10. The van der Waals surface area contributed by atoms with E-state index in [1.54, 1.807) is 18.2 Å². The highest BCUT2D eigenvalue weighted by molar-refractivity contribution is 5.79. The molecule has 3 aromatic rings. The molecule has 3 rings (SSSR count). The molecule has 0 radical (unpaired) electrons. The Labute approximate surface area is 245 Å². The van der Waals surface area contributed by atoms with Gasteiger partial charge < -0.3 is 9.80 Å². The third-order valence-corrected chi connectivity index (χ3v) is 7.83. The van der Waals surface area contributed by atoms with E-state index in [9.17, 15) is 14.0 Å². The van der Waals surface area contributed by atoms with Crippen LogP contribution in [0.3, 0.4) is 0 Å². The third kappa shape index (κ3) is 9.77. The second-order valence-electron chi connectivity index (χ2n) is 11.5. The summed E-state index contributed by atoms with van der Waals surface area (Å²) < 4.78 is 15.3. The number of rotatable bonds is 18. The van der Waals surface area contributed by atoms with Crippen LogP contribution >= 0.6 is 0 Å². The van der Waals surface area contributed by atoms with Gasteiger partial charge in [-0.05, 0) is 63.8 Å². The Balaban J connectivity index is 1.73. The second kappa shape index (κ2) is 17.0. The summed E-state index contributed by atoms with van der Waals surface area (Å²) in [7, 11) is 3.97. The first-order chi connectivity index (χ1) is 19.8. The van der Waals surface area contributed by atoms with Crippen molar-refractivity contribution in [2.24, 2.45) is 0 Å². The maximum Gasteiger partial charge on any atom is 0.266 e. The van der Waals surface area contributed by atoms with E-state index in [2.05, 4.69) is 11.8 Å². The van der Waals surface area contributed by atoms with Crippen LogP contribution < -0.4 is 5.56 Å². The predicted molar refractivity (Wildman–Crippen MR) is 167 cm³/mol. The van der Waals surface area contributed by atoms with Gasteiger partial charge in [0.2, 0.25) is 5.91 Å². The van der Waals surface area contributed by atoms with Crippen molar-refractivity contribution in [1.82, 2.24) is 19.4 Å². The number of hydrogen-bond donors (Lipinski definition) is 0. The zero-order chi connectivity index (χ0) is 29.6. The number of hydrogen-bond acceptors (Lipinski definition) is 4. The highest BCUT2D eigenvalue weighted by Crippen LogP contribution is 2.24. The van der Waals surface area contributed by atoms with E-state index >= 15 is 0 Å². The van der Waals surface area contributed by atoms with Crippen LogP contribution in [0, 0.1) is 5.82 Å². The van der Waals surface area contributed by atoms with Crippen LogP contribution in [0.2, 0.25) is 0 Å². The fourth-order valence-electron chi connectivity index (χ4n) is 5.34. The van der Waals surface area contributed by atoms with Crippen LogP contribution in [0.25, 0.3) is 16.6 Å². The molecule has 2 aromatic carbocycles. The highest BCUT2D eigenvalue weighted by Gasteiger charge is 2.26. The molecule has 7 heteroatoms. The first kappa shape index (κ1) is 32.5. The first-order valence-corrected chi connectivity index (χ1v) is 15.5. The summed E-state index contributed by atoms with van der Waals surface area (Å²) >= 11 is 0. The van der Waals surface area contributed by atoms with Gasteiger partial charge in [0.1, 0.15) is 11.6 Å². The van der Waals surface area contributed by atoms with E-state index in [0.717, 1.165) is 19.3 Å². The van der Waals surface area contributed by atoms with Gasteiger partial charge in [0.05, 0.1) is 22.6 Å². The van der Waals surface area contributed by atoms with Crippen LogP contribution in [0.5, 0.6) is 0 Å². The molecule has 1 aromatic heterocycles. The van der Waals surface area contributed by atoms with Crippen molar-refractivity contribution in [3.63, 3.8) is 0 Å². The van der Waals surface area contributed by atoms with Crippen LogP contribution in [-0.4, -0.2) is 52.4 Å². The Kier molecular flexibility index (Phi) is 13.5. The zero-order valence-corrected chi connectivity index (χ0v) is 25.6. The SMILES string of the molecule is CCCCCCCCCCCCCC(=O)N(CCN(C)C)C(C)c1nc2ccccc2c(=O)n1-c1ccc(F)cc1. The monoisotopic (exact) mass is 564 g/mol. The number of carbonyl (C=O) groups excluding carboxylic acids is 1. The van der Waals surface area contributed by atoms with Gasteiger partial charge in [-0.15, -0.1) is 0 Å². The second-order valence-corrected chi connectivity index (χ2v) is 11.5. The topological polar surface area (TPSA) is 58.4 Å². The minimum Gasteiger partial charge on any atom is -0.331 e. The fourth-order valence-corrected chi connectivity index (χ4v) is 5.34. The molecule has 1 unspecified atom stereocenters. The highest BCUT2D eigenvalue weighted by atomic mass is 19.1. The smallest absolute Gasteiger partial charge is 0.266 e. The zero-order valence-electron chi connectivity index (χ0n) is 25.6. The molecule has 0 fully saturated rings.